The Balaban J connectivity index is 1.64. The fourth-order valence-corrected chi connectivity index (χ4v) is 4.73. The van der Waals surface area contributed by atoms with Gasteiger partial charge in [0.2, 0.25) is 5.56 Å². The largest absolute Gasteiger partial charge is 0.507 e. The molecule has 2 saturated heterocycles. The maximum atomic E-state index is 11.8. The third-order valence-electron chi connectivity index (χ3n) is 6.08. The number of pyridine rings is 1. The average Bonchev–Trinajstić information content (AvgIpc) is 3.06. The van der Waals surface area contributed by atoms with E-state index >= 15 is 0 Å². The first-order valence-corrected chi connectivity index (χ1v) is 10.6. The number of hydrazine groups is 1. The topological polar surface area (TPSA) is 95.7 Å². The summed E-state index contributed by atoms with van der Waals surface area (Å²) in [5.41, 5.74) is 9.79. The Morgan fingerprint density at radius 2 is 2.03 bits per heavy atom. The molecule has 8 nitrogen and oxygen atoms in total. The van der Waals surface area contributed by atoms with Crippen LogP contribution in [0.25, 0.3) is 0 Å². The van der Waals surface area contributed by atoms with Gasteiger partial charge in [-0.15, -0.1) is 0 Å². The zero-order valence-electron chi connectivity index (χ0n) is 18.0. The summed E-state index contributed by atoms with van der Waals surface area (Å²) in [7, 11) is 1.88. The number of hydrogen-bond donors (Lipinski definition) is 5. The standard InChI is InChI=1S/C23H30N6O2/c1-4-6-18(21(30)5-2)19-12-20(23(24-3)27-26-19)28-13-16-7-8-17(14-28)29(16)15-9-10-25-22(31)11-15/h4-6,9-12,16-17,24,26-27,30H,2,7-8,13-14H2,1,3H3,(H,25,31)/b6-4-,21-18-. The Bertz CT molecular complexity index is 1020. The Labute approximate surface area is 182 Å². The molecule has 1 aromatic rings. The molecule has 0 aromatic carbocycles. The number of nitrogens with zero attached hydrogens (tertiary/aromatic N) is 2. The number of aromatic amines is 1. The van der Waals surface area contributed by atoms with E-state index in [-0.39, 0.29) is 11.3 Å². The minimum atomic E-state index is -0.0695. The molecule has 2 bridgehead atoms. The van der Waals surface area contributed by atoms with Crippen LogP contribution in [0, 0.1) is 0 Å². The van der Waals surface area contributed by atoms with Gasteiger partial charge in [-0.3, -0.25) is 15.6 Å². The molecule has 4 heterocycles. The maximum Gasteiger partial charge on any atom is 0.249 e. The molecular weight excluding hydrogens is 392 g/mol. The van der Waals surface area contributed by atoms with E-state index in [0.717, 1.165) is 48.8 Å². The van der Waals surface area contributed by atoms with E-state index in [9.17, 15) is 9.90 Å². The fourth-order valence-electron chi connectivity index (χ4n) is 4.73. The molecule has 3 aliphatic rings. The number of likely N-dealkylation sites (tertiary alicyclic amines) is 1. The SMILES string of the molecule is C=C/C(O)=C(\C=C/C)C1=CC(N2CC3CCC(C2)N3c2cc[nH]c(=O)c2)=C(NC)NN1. The van der Waals surface area contributed by atoms with Gasteiger partial charge in [-0.05, 0) is 38.0 Å². The average molecular weight is 423 g/mol. The van der Waals surface area contributed by atoms with Gasteiger partial charge in [0.05, 0.1) is 11.4 Å². The van der Waals surface area contributed by atoms with Crippen molar-refractivity contribution in [2.24, 2.45) is 0 Å². The van der Waals surface area contributed by atoms with E-state index in [1.807, 2.05) is 32.2 Å². The fraction of sp³-hybridized carbons (Fsp3) is 0.348. The Kier molecular flexibility index (Phi) is 5.79. The Morgan fingerprint density at radius 3 is 2.65 bits per heavy atom. The monoisotopic (exact) mass is 422 g/mol. The lowest BCUT2D eigenvalue weighted by Gasteiger charge is -2.44. The van der Waals surface area contributed by atoms with Crippen LogP contribution in [0.15, 0.2) is 82.6 Å². The van der Waals surface area contributed by atoms with Gasteiger partial charge in [0.15, 0.2) is 0 Å². The Morgan fingerprint density at radius 1 is 1.29 bits per heavy atom. The number of allylic oxidation sites excluding steroid dienone is 4. The van der Waals surface area contributed by atoms with Crippen LogP contribution < -0.4 is 26.6 Å². The van der Waals surface area contributed by atoms with Crippen LogP contribution in [-0.2, 0) is 0 Å². The number of aliphatic hydroxyl groups excluding tert-OH is 1. The number of piperazine rings is 1. The molecule has 0 aliphatic carbocycles. The number of H-pyrrole nitrogens is 1. The molecule has 0 saturated carbocycles. The molecule has 4 rings (SSSR count). The van der Waals surface area contributed by atoms with E-state index < -0.39 is 0 Å². The predicted molar refractivity (Wildman–Crippen MR) is 123 cm³/mol. The molecule has 2 unspecified atom stereocenters. The van der Waals surface area contributed by atoms with E-state index in [2.05, 4.69) is 43.6 Å². The van der Waals surface area contributed by atoms with Gasteiger partial charge in [-0.1, -0.05) is 18.7 Å². The quantitative estimate of drug-likeness (QED) is 0.353. The van der Waals surface area contributed by atoms with Crippen molar-refractivity contribution in [2.45, 2.75) is 31.8 Å². The van der Waals surface area contributed by atoms with Crippen molar-refractivity contribution in [1.82, 2.24) is 26.1 Å². The van der Waals surface area contributed by atoms with E-state index in [0.29, 0.717) is 17.7 Å². The molecule has 1 aromatic heterocycles. The van der Waals surface area contributed by atoms with E-state index in [1.165, 1.54) is 6.08 Å². The molecule has 2 fully saturated rings. The lowest BCUT2D eigenvalue weighted by Crippen LogP contribution is -2.55. The third kappa shape index (κ3) is 3.93. The number of nitrogens with one attached hydrogen (secondary N) is 4. The summed E-state index contributed by atoms with van der Waals surface area (Å²) in [6.45, 7) is 7.30. The lowest BCUT2D eigenvalue weighted by atomic mass is 10.1. The first-order chi connectivity index (χ1) is 15.0. The summed E-state index contributed by atoms with van der Waals surface area (Å²) < 4.78 is 0. The summed E-state index contributed by atoms with van der Waals surface area (Å²) in [5, 5.41) is 13.6. The summed E-state index contributed by atoms with van der Waals surface area (Å²) in [6, 6.07) is 4.35. The van der Waals surface area contributed by atoms with Gasteiger partial charge < -0.3 is 25.2 Å². The summed E-state index contributed by atoms with van der Waals surface area (Å²) in [6.07, 6.45) is 11.1. The highest BCUT2D eigenvalue weighted by Crippen LogP contribution is 2.36. The van der Waals surface area contributed by atoms with Crippen LogP contribution >= 0.6 is 0 Å². The normalized spacial score (nSPS) is 23.9. The van der Waals surface area contributed by atoms with Crippen molar-refractivity contribution in [1.29, 1.82) is 0 Å². The number of hydrogen-bond acceptors (Lipinski definition) is 7. The second kappa shape index (κ2) is 8.67. The van der Waals surface area contributed by atoms with Crippen molar-refractivity contribution in [3.8, 4) is 0 Å². The molecule has 2 atom stereocenters. The van der Waals surface area contributed by atoms with E-state index in [4.69, 9.17) is 0 Å². The highest BCUT2D eigenvalue weighted by Gasteiger charge is 2.41. The number of fused-ring (bicyclic) bond motifs is 2. The van der Waals surface area contributed by atoms with Crippen molar-refractivity contribution < 1.29 is 5.11 Å². The minimum absolute atomic E-state index is 0.0695. The van der Waals surface area contributed by atoms with Gasteiger partial charge >= 0.3 is 0 Å². The van der Waals surface area contributed by atoms with Crippen molar-refractivity contribution in [3.63, 3.8) is 0 Å². The molecule has 5 N–H and O–H groups in total. The minimum Gasteiger partial charge on any atom is -0.507 e. The number of aliphatic hydroxyl groups is 1. The van der Waals surface area contributed by atoms with Crippen LogP contribution in [0.3, 0.4) is 0 Å². The predicted octanol–water partition coefficient (Wildman–Crippen LogP) is 1.98. The molecule has 164 valence electrons. The van der Waals surface area contributed by atoms with Gasteiger partial charge in [0.25, 0.3) is 0 Å². The van der Waals surface area contributed by atoms with Crippen molar-refractivity contribution >= 4 is 5.69 Å². The van der Waals surface area contributed by atoms with E-state index in [1.54, 1.807) is 12.3 Å². The molecule has 0 radical (unpaired) electrons. The molecule has 8 heteroatoms. The second-order valence-electron chi connectivity index (χ2n) is 7.93. The smallest absolute Gasteiger partial charge is 0.249 e. The van der Waals surface area contributed by atoms with Crippen molar-refractivity contribution in [2.75, 3.05) is 25.0 Å². The molecule has 0 amide bonds. The molecule has 0 spiro atoms. The zero-order valence-corrected chi connectivity index (χ0v) is 18.0. The van der Waals surface area contributed by atoms with Crippen molar-refractivity contribution in [3.05, 3.63) is 88.1 Å². The number of rotatable bonds is 6. The lowest BCUT2D eigenvalue weighted by molar-refractivity contribution is 0.271. The highest BCUT2D eigenvalue weighted by atomic mass is 16.3. The highest BCUT2D eigenvalue weighted by molar-refractivity contribution is 5.51. The van der Waals surface area contributed by atoms with Gasteiger partial charge in [-0.2, -0.15) is 0 Å². The van der Waals surface area contributed by atoms with Crippen LogP contribution in [0.2, 0.25) is 0 Å². The number of anilines is 1. The third-order valence-corrected chi connectivity index (χ3v) is 6.08. The molecule has 31 heavy (non-hydrogen) atoms. The zero-order chi connectivity index (χ0) is 22.0. The Hall–Kier alpha value is -3.55. The van der Waals surface area contributed by atoms with Crippen LogP contribution in [-0.4, -0.2) is 47.2 Å². The summed E-state index contributed by atoms with van der Waals surface area (Å²) in [5.74, 6) is 0.996. The van der Waals surface area contributed by atoms with Gasteiger partial charge in [0, 0.05) is 55.7 Å². The van der Waals surface area contributed by atoms with Crippen LogP contribution in [0.5, 0.6) is 0 Å². The summed E-state index contributed by atoms with van der Waals surface area (Å²) in [4.78, 5) is 19.3. The van der Waals surface area contributed by atoms with Gasteiger partial charge in [0.1, 0.15) is 11.6 Å². The van der Waals surface area contributed by atoms with Crippen LogP contribution in [0.1, 0.15) is 19.8 Å². The summed E-state index contributed by atoms with van der Waals surface area (Å²) >= 11 is 0. The maximum absolute atomic E-state index is 11.8. The second-order valence-corrected chi connectivity index (χ2v) is 7.93. The number of aromatic nitrogens is 1. The molecule has 3 aliphatic heterocycles. The first kappa shape index (κ1) is 20.7. The molecular formula is C23H30N6O2. The first-order valence-electron chi connectivity index (χ1n) is 10.6. The van der Waals surface area contributed by atoms with Gasteiger partial charge in [-0.25, -0.2) is 0 Å². The van der Waals surface area contributed by atoms with Crippen LogP contribution in [0.4, 0.5) is 5.69 Å².